The summed E-state index contributed by atoms with van der Waals surface area (Å²) in [6.45, 7) is 8.24. The first-order valence-electron chi connectivity index (χ1n) is 7.12. The van der Waals surface area contributed by atoms with Gasteiger partial charge in [-0.15, -0.1) is 0 Å². The third-order valence-corrected chi connectivity index (χ3v) is 3.54. The lowest BCUT2D eigenvalue weighted by Crippen LogP contribution is -2.10. The minimum Gasteiger partial charge on any atom is -0.477 e. The van der Waals surface area contributed by atoms with E-state index in [2.05, 4.69) is 42.9 Å². The zero-order valence-electron chi connectivity index (χ0n) is 13.3. The second-order valence-electron chi connectivity index (χ2n) is 6.24. The van der Waals surface area contributed by atoms with Crippen LogP contribution in [0, 0.1) is 6.92 Å². The molecule has 0 radical (unpaired) electrons. The Labute approximate surface area is 130 Å². The second-order valence-corrected chi connectivity index (χ2v) is 6.24. The van der Waals surface area contributed by atoms with E-state index in [9.17, 15) is 4.79 Å². The number of nitrogens with zero attached hydrogens (tertiary/aromatic N) is 2. The van der Waals surface area contributed by atoms with Crippen LogP contribution in [0.3, 0.4) is 0 Å². The highest BCUT2D eigenvalue weighted by Crippen LogP contribution is 2.22. The Balaban J connectivity index is 2.26. The molecule has 1 heterocycles. The van der Waals surface area contributed by atoms with Crippen molar-refractivity contribution in [1.29, 1.82) is 0 Å². The van der Waals surface area contributed by atoms with Crippen molar-refractivity contribution in [2.24, 2.45) is 0 Å². The van der Waals surface area contributed by atoms with Crippen LogP contribution in [0.1, 0.15) is 53.6 Å². The standard InChI is InChI=1S/C18H20N2O2/c1-12-15(19-11-20-16(12)17(21)22)10-7-13-5-8-14(9-6-13)18(2,3)4/h5-11H,1-4H3,(H,21,22)/b10-7+. The molecule has 0 unspecified atom stereocenters. The highest BCUT2D eigenvalue weighted by Gasteiger charge is 2.13. The molecule has 4 heteroatoms. The molecule has 2 rings (SSSR count). The Bertz CT molecular complexity index is 711. The molecule has 0 spiro atoms. The molecule has 1 aromatic carbocycles. The largest absolute Gasteiger partial charge is 0.477 e. The molecule has 1 aromatic heterocycles. The van der Waals surface area contributed by atoms with Gasteiger partial charge in [-0.1, -0.05) is 51.1 Å². The van der Waals surface area contributed by atoms with Crippen LogP contribution in [0.5, 0.6) is 0 Å². The fourth-order valence-electron chi connectivity index (χ4n) is 2.12. The number of carboxylic acid groups (broad SMARTS) is 1. The number of rotatable bonds is 3. The topological polar surface area (TPSA) is 63.1 Å². The number of benzene rings is 1. The maximum Gasteiger partial charge on any atom is 0.354 e. The van der Waals surface area contributed by atoms with Crippen molar-refractivity contribution in [3.05, 3.63) is 58.7 Å². The Morgan fingerprint density at radius 3 is 2.27 bits per heavy atom. The first-order chi connectivity index (χ1) is 10.3. The summed E-state index contributed by atoms with van der Waals surface area (Å²) in [4.78, 5) is 19.0. The third-order valence-electron chi connectivity index (χ3n) is 3.54. The monoisotopic (exact) mass is 296 g/mol. The third kappa shape index (κ3) is 3.58. The van der Waals surface area contributed by atoms with E-state index in [1.807, 2.05) is 24.3 Å². The summed E-state index contributed by atoms with van der Waals surface area (Å²) in [5, 5.41) is 9.07. The van der Waals surface area contributed by atoms with E-state index in [0.717, 1.165) is 5.56 Å². The van der Waals surface area contributed by atoms with Gasteiger partial charge in [-0.05, 0) is 29.5 Å². The predicted octanol–water partition coefficient (Wildman–Crippen LogP) is 3.95. The SMILES string of the molecule is Cc1c(/C=C/c2ccc(C(C)(C)C)cc2)ncnc1C(=O)O. The molecule has 0 bridgehead atoms. The zero-order valence-corrected chi connectivity index (χ0v) is 13.3. The first kappa shape index (κ1) is 15.9. The highest BCUT2D eigenvalue weighted by molar-refractivity contribution is 5.88. The molecule has 0 saturated carbocycles. The normalized spacial score (nSPS) is 11.8. The molecule has 4 nitrogen and oxygen atoms in total. The fraction of sp³-hybridized carbons (Fsp3) is 0.278. The maximum atomic E-state index is 11.1. The lowest BCUT2D eigenvalue weighted by atomic mass is 9.87. The molecule has 22 heavy (non-hydrogen) atoms. The minimum absolute atomic E-state index is 0.0396. The van der Waals surface area contributed by atoms with Gasteiger partial charge in [0.2, 0.25) is 0 Å². The average Bonchev–Trinajstić information content (AvgIpc) is 2.45. The number of hydrogen-bond acceptors (Lipinski definition) is 3. The van der Waals surface area contributed by atoms with E-state index in [0.29, 0.717) is 11.3 Å². The summed E-state index contributed by atoms with van der Waals surface area (Å²) in [6, 6.07) is 8.31. The van der Waals surface area contributed by atoms with Crippen molar-refractivity contribution in [3.63, 3.8) is 0 Å². The minimum atomic E-state index is -1.04. The van der Waals surface area contributed by atoms with E-state index >= 15 is 0 Å². The van der Waals surface area contributed by atoms with Crippen LogP contribution < -0.4 is 0 Å². The van der Waals surface area contributed by atoms with Crippen LogP contribution in [0.4, 0.5) is 0 Å². The van der Waals surface area contributed by atoms with Crippen LogP contribution in [0.25, 0.3) is 12.2 Å². The smallest absolute Gasteiger partial charge is 0.354 e. The molecule has 0 aliphatic heterocycles. The van der Waals surface area contributed by atoms with E-state index in [-0.39, 0.29) is 11.1 Å². The summed E-state index contributed by atoms with van der Waals surface area (Å²) < 4.78 is 0. The van der Waals surface area contributed by atoms with Gasteiger partial charge in [-0.2, -0.15) is 0 Å². The summed E-state index contributed by atoms with van der Waals surface area (Å²) in [6.07, 6.45) is 5.02. The summed E-state index contributed by atoms with van der Waals surface area (Å²) in [5.74, 6) is -1.04. The number of aromatic carboxylic acids is 1. The Hall–Kier alpha value is -2.49. The van der Waals surface area contributed by atoms with Crippen molar-refractivity contribution < 1.29 is 9.90 Å². The van der Waals surface area contributed by atoms with Gasteiger partial charge in [-0.25, -0.2) is 14.8 Å². The summed E-state index contributed by atoms with van der Waals surface area (Å²) in [5.41, 5.74) is 3.67. The van der Waals surface area contributed by atoms with Gasteiger partial charge in [-0.3, -0.25) is 0 Å². The molecule has 0 amide bonds. The molecule has 0 aliphatic carbocycles. The number of carboxylic acids is 1. The quantitative estimate of drug-likeness (QED) is 0.931. The van der Waals surface area contributed by atoms with E-state index < -0.39 is 5.97 Å². The molecular formula is C18H20N2O2. The van der Waals surface area contributed by atoms with Crippen LogP contribution in [0.2, 0.25) is 0 Å². The van der Waals surface area contributed by atoms with Crippen LogP contribution in [-0.2, 0) is 5.41 Å². The van der Waals surface area contributed by atoms with Gasteiger partial charge in [0.25, 0.3) is 0 Å². The Morgan fingerprint density at radius 1 is 1.09 bits per heavy atom. The van der Waals surface area contributed by atoms with E-state index in [1.54, 1.807) is 6.92 Å². The molecule has 0 aliphatic rings. The predicted molar refractivity (Wildman–Crippen MR) is 87.8 cm³/mol. The van der Waals surface area contributed by atoms with Crippen LogP contribution in [-0.4, -0.2) is 21.0 Å². The van der Waals surface area contributed by atoms with Gasteiger partial charge >= 0.3 is 5.97 Å². The zero-order chi connectivity index (χ0) is 16.3. The molecule has 1 N–H and O–H groups in total. The van der Waals surface area contributed by atoms with E-state index in [4.69, 9.17) is 5.11 Å². The lowest BCUT2D eigenvalue weighted by molar-refractivity contribution is 0.0689. The molecule has 114 valence electrons. The van der Waals surface area contributed by atoms with Crippen LogP contribution >= 0.6 is 0 Å². The van der Waals surface area contributed by atoms with E-state index in [1.165, 1.54) is 11.9 Å². The second kappa shape index (κ2) is 6.10. The molecular weight excluding hydrogens is 276 g/mol. The Kier molecular flexibility index (Phi) is 4.40. The number of hydrogen-bond donors (Lipinski definition) is 1. The Morgan fingerprint density at radius 2 is 1.73 bits per heavy atom. The first-order valence-corrected chi connectivity index (χ1v) is 7.12. The lowest BCUT2D eigenvalue weighted by Gasteiger charge is -2.18. The van der Waals surface area contributed by atoms with Gasteiger partial charge < -0.3 is 5.11 Å². The molecule has 0 fully saturated rings. The number of carbonyl (C=O) groups is 1. The van der Waals surface area contributed by atoms with Crippen molar-refractivity contribution in [3.8, 4) is 0 Å². The molecule has 0 atom stereocenters. The van der Waals surface area contributed by atoms with Crippen molar-refractivity contribution in [2.45, 2.75) is 33.1 Å². The van der Waals surface area contributed by atoms with Crippen molar-refractivity contribution in [1.82, 2.24) is 9.97 Å². The maximum absolute atomic E-state index is 11.1. The molecule has 0 saturated heterocycles. The van der Waals surface area contributed by atoms with Crippen molar-refractivity contribution >= 4 is 18.1 Å². The average molecular weight is 296 g/mol. The molecule has 2 aromatic rings. The highest BCUT2D eigenvalue weighted by atomic mass is 16.4. The fourth-order valence-corrected chi connectivity index (χ4v) is 2.12. The van der Waals surface area contributed by atoms with Crippen molar-refractivity contribution in [2.75, 3.05) is 0 Å². The number of aromatic nitrogens is 2. The van der Waals surface area contributed by atoms with Gasteiger partial charge in [0.05, 0.1) is 5.69 Å². The summed E-state index contributed by atoms with van der Waals surface area (Å²) in [7, 11) is 0. The van der Waals surface area contributed by atoms with Crippen LogP contribution in [0.15, 0.2) is 30.6 Å². The van der Waals surface area contributed by atoms with Gasteiger partial charge in [0.15, 0.2) is 5.69 Å². The van der Waals surface area contributed by atoms with Gasteiger partial charge in [0.1, 0.15) is 6.33 Å². The van der Waals surface area contributed by atoms with Gasteiger partial charge in [0, 0.05) is 5.56 Å². The summed E-state index contributed by atoms with van der Waals surface area (Å²) >= 11 is 0.